The molecule has 4 aliphatic carbocycles. The smallest absolute Gasteiger partial charge is 0.306 e. The average Bonchev–Trinajstić information content (AvgIpc) is 3.28. The number of likely N-dealkylation sites (N-methyl/N-ethyl adjacent to an activating group) is 1. The van der Waals surface area contributed by atoms with E-state index in [-0.39, 0.29) is 66.3 Å². The molecule has 0 amide bonds. The zero-order valence-electron chi connectivity index (χ0n) is 27.8. The second kappa shape index (κ2) is 14.1. The Balaban J connectivity index is 0.000000323. The van der Waals surface area contributed by atoms with Crippen molar-refractivity contribution in [3.05, 3.63) is 47.6 Å². The van der Waals surface area contributed by atoms with Crippen molar-refractivity contribution in [3.8, 4) is 11.5 Å². The molecule has 5 N–H and O–H groups in total. The van der Waals surface area contributed by atoms with Gasteiger partial charge < -0.3 is 30.5 Å². The number of unbranched alkanes of at least 4 members (excludes halogenated alkanes) is 1. The minimum absolute atomic E-state index is 0.0524. The van der Waals surface area contributed by atoms with Gasteiger partial charge in [-0.25, -0.2) is 8.78 Å². The Hall–Kier alpha value is -3.15. The van der Waals surface area contributed by atoms with Gasteiger partial charge >= 0.3 is 5.97 Å². The van der Waals surface area contributed by atoms with Gasteiger partial charge in [-0.3, -0.25) is 14.4 Å². The lowest BCUT2D eigenvalue weighted by molar-refractivity contribution is -0.202. The SMILES string of the molecule is CCCCC(=O)OCC(=O)[C@H]1[C@H](C)C[C@H]2[C@@H]3C[C@H](F)C4=CC(=O)C=C[C@]4(C)[C@@]3(F)[C@@H](O)C[C@@]21C.CNC[C@H](O)c1ccc(O)c(O)c1. The van der Waals surface area contributed by atoms with E-state index >= 15 is 8.78 Å². The highest BCUT2D eigenvalue weighted by Crippen LogP contribution is 2.70. The molecule has 1 aromatic carbocycles. The van der Waals surface area contributed by atoms with Crippen LogP contribution in [0.4, 0.5) is 8.78 Å². The zero-order chi connectivity index (χ0) is 34.9. The van der Waals surface area contributed by atoms with E-state index in [0.717, 1.165) is 6.42 Å². The summed E-state index contributed by atoms with van der Waals surface area (Å²) in [7, 11) is 1.73. The lowest BCUT2D eigenvalue weighted by atomic mass is 9.45. The molecular weight excluding hydrogens is 612 g/mol. The predicted molar refractivity (Wildman–Crippen MR) is 171 cm³/mol. The van der Waals surface area contributed by atoms with E-state index in [4.69, 9.17) is 14.9 Å². The van der Waals surface area contributed by atoms with E-state index in [9.17, 15) is 24.6 Å². The third-order valence-electron chi connectivity index (χ3n) is 11.2. The molecule has 1 aromatic rings. The largest absolute Gasteiger partial charge is 0.504 e. The fourth-order valence-electron chi connectivity index (χ4n) is 8.95. The molecule has 11 heteroatoms. The van der Waals surface area contributed by atoms with E-state index in [1.807, 2.05) is 20.8 Å². The Bertz CT molecular complexity index is 1410. The number of allylic oxidation sites excluding steroid dienone is 4. The number of rotatable bonds is 9. The zero-order valence-corrected chi connectivity index (χ0v) is 27.8. The molecule has 0 spiro atoms. The van der Waals surface area contributed by atoms with Crippen molar-refractivity contribution in [2.75, 3.05) is 20.2 Å². The number of esters is 1. The second-order valence-electron chi connectivity index (χ2n) is 14.2. The van der Waals surface area contributed by atoms with Gasteiger partial charge in [0.2, 0.25) is 0 Å². The van der Waals surface area contributed by atoms with E-state index < -0.39 is 52.7 Å². The van der Waals surface area contributed by atoms with Gasteiger partial charge in [0, 0.05) is 30.2 Å². The van der Waals surface area contributed by atoms with Crippen LogP contribution in [-0.2, 0) is 19.1 Å². The van der Waals surface area contributed by atoms with Crippen molar-refractivity contribution >= 4 is 17.5 Å². The van der Waals surface area contributed by atoms with Gasteiger partial charge in [-0.05, 0) is 92.3 Å². The highest BCUT2D eigenvalue weighted by Gasteiger charge is 2.73. The fourth-order valence-corrected chi connectivity index (χ4v) is 8.95. The van der Waals surface area contributed by atoms with Crippen molar-refractivity contribution in [1.29, 1.82) is 0 Å². The summed E-state index contributed by atoms with van der Waals surface area (Å²) in [5.74, 6) is -3.14. The fraction of sp³-hybridized carbons (Fsp3) is 0.639. The van der Waals surface area contributed by atoms with Crippen LogP contribution in [0.25, 0.3) is 0 Å². The number of carbonyl (C=O) groups excluding carboxylic acids is 3. The maximum absolute atomic E-state index is 17.1. The van der Waals surface area contributed by atoms with Gasteiger partial charge in [-0.15, -0.1) is 0 Å². The molecule has 0 radical (unpaired) electrons. The van der Waals surface area contributed by atoms with Crippen LogP contribution in [0.5, 0.6) is 11.5 Å². The lowest BCUT2D eigenvalue weighted by Gasteiger charge is -2.62. The molecule has 3 saturated carbocycles. The number of carbonyl (C=O) groups is 3. The number of hydrogen-bond acceptors (Lipinski definition) is 9. The van der Waals surface area contributed by atoms with Crippen LogP contribution >= 0.6 is 0 Å². The standard InChI is InChI=1S/C27H36F2O5.C9H13NO3/c1-5-6-7-23(33)34-14-21(31)24-15(2)10-17-18-12-20(28)19-11-16(30)8-9-26(19,4)27(18,29)22(32)13-25(17,24)3;1-10-5-9(13)6-2-3-7(11)8(12)4-6/h8-9,11,15,17-18,20,22,24,32H,5-7,10,12-14H2,1-4H3;2-4,9-13H,5H2,1H3/t15-,17+,18+,20+,22+,24-,25+,26+,27+;9-/m10/s1. The second-order valence-corrected chi connectivity index (χ2v) is 14.2. The van der Waals surface area contributed by atoms with Crippen molar-refractivity contribution in [1.82, 2.24) is 5.32 Å². The summed E-state index contributed by atoms with van der Waals surface area (Å²) < 4.78 is 37.7. The topological polar surface area (TPSA) is 153 Å². The first-order valence-electron chi connectivity index (χ1n) is 16.5. The molecule has 5 rings (SSSR count). The van der Waals surface area contributed by atoms with Crippen LogP contribution in [0.15, 0.2) is 42.0 Å². The van der Waals surface area contributed by atoms with Crippen LogP contribution < -0.4 is 5.32 Å². The maximum Gasteiger partial charge on any atom is 0.306 e. The number of alkyl halides is 2. The Morgan fingerprint density at radius 3 is 2.49 bits per heavy atom. The number of Topliss-reactive ketones (excluding diaryl/α,β-unsaturated/α-hetero) is 1. The quantitative estimate of drug-likeness (QED) is 0.185. The number of phenolic OH excluding ortho intramolecular Hbond substituents is 2. The average molecular weight is 662 g/mol. The number of aliphatic hydroxyl groups excluding tert-OH is 2. The monoisotopic (exact) mass is 661 g/mol. The number of hydrogen-bond donors (Lipinski definition) is 5. The number of ketones is 2. The number of ether oxygens (including phenoxy) is 1. The molecule has 3 fully saturated rings. The van der Waals surface area contributed by atoms with E-state index in [2.05, 4.69) is 5.32 Å². The number of phenols is 2. The van der Waals surface area contributed by atoms with E-state index in [1.165, 1.54) is 30.4 Å². The summed E-state index contributed by atoms with van der Waals surface area (Å²) >= 11 is 0. The molecule has 0 saturated heterocycles. The minimum Gasteiger partial charge on any atom is -0.504 e. The molecule has 0 heterocycles. The van der Waals surface area contributed by atoms with Crippen molar-refractivity contribution in [2.45, 2.75) is 90.3 Å². The van der Waals surface area contributed by atoms with E-state index in [1.54, 1.807) is 20.0 Å². The molecule has 9 nitrogen and oxygen atoms in total. The van der Waals surface area contributed by atoms with Crippen LogP contribution in [0.3, 0.4) is 0 Å². The molecule has 260 valence electrons. The van der Waals surface area contributed by atoms with Gasteiger partial charge in [0.1, 0.15) is 12.8 Å². The Kier molecular flexibility index (Phi) is 11.0. The van der Waals surface area contributed by atoms with Crippen LogP contribution in [0.2, 0.25) is 0 Å². The summed E-state index contributed by atoms with van der Waals surface area (Å²) in [4.78, 5) is 37.1. The van der Waals surface area contributed by atoms with Crippen molar-refractivity contribution < 1.29 is 48.3 Å². The van der Waals surface area contributed by atoms with Gasteiger partial charge in [0.25, 0.3) is 0 Å². The number of fused-ring (bicyclic) bond motifs is 5. The minimum atomic E-state index is -2.15. The van der Waals surface area contributed by atoms with Crippen LogP contribution in [0, 0.1) is 34.5 Å². The first-order valence-corrected chi connectivity index (χ1v) is 16.5. The number of benzene rings is 1. The predicted octanol–water partition coefficient (Wildman–Crippen LogP) is 4.82. The maximum atomic E-state index is 17.1. The number of nitrogens with one attached hydrogen (secondary N) is 1. The van der Waals surface area contributed by atoms with Gasteiger partial charge in [-0.2, -0.15) is 0 Å². The van der Waals surface area contributed by atoms with Crippen molar-refractivity contribution in [2.24, 2.45) is 34.5 Å². The first kappa shape index (κ1) is 36.7. The third kappa shape index (κ3) is 6.63. The van der Waals surface area contributed by atoms with Gasteiger partial charge in [0.15, 0.2) is 28.7 Å². The Morgan fingerprint density at radius 2 is 1.85 bits per heavy atom. The molecular formula is C36H49F2NO8. The number of halogens is 2. The van der Waals surface area contributed by atoms with Crippen LogP contribution in [-0.4, -0.2) is 76.1 Å². The molecule has 0 unspecified atom stereocenters. The van der Waals surface area contributed by atoms with E-state index in [0.29, 0.717) is 24.9 Å². The summed E-state index contributed by atoms with van der Waals surface area (Å²) in [5, 5.41) is 41.7. The molecule has 4 aliphatic rings. The number of aromatic hydroxyl groups is 2. The van der Waals surface area contributed by atoms with Crippen molar-refractivity contribution in [3.63, 3.8) is 0 Å². The first-order chi connectivity index (χ1) is 22.0. The molecule has 10 atom stereocenters. The highest BCUT2D eigenvalue weighted by molar-refractivity contribution is 6.01. The molecule has 0 aromatic heterocycles. The highest BCUT2D eigenvalue weighted by atomic mass is 19.1. The summed E-state index contributed by atoms with van der Waals surface area (Å²) in [6.45, 7) is 7.44. The summed E-state index contributed by atoms with van der Waals surface area (Å²) in [6.07, 6.45) is 2.53. The summed E-state index contributed by atoms with van der Waals surface area (Å²) in [5.41, 5.74) is -3.64. The van der Waals surface area contributed by atoms with Gasteiger partial charge in [0.05, 0.1) is 12.2 Å². The molecule has 0 bridgehead atoms. The molecule has 47 heavy (non-hydrogen) atoms. The summed E-state index contributed by atoms with van der Waals surface area (Å²) in [6, 6.07) is 4.26. The van der Waals surface area contributed by atoms with Gasteiger partial charge in [-0.1, -0.05) is 39.3 Å². The number of aliphatic hydroxyl groups is 2. The lowest BCUT2D eigenvalue weighted by Crippen LogP contribution is -2.68. The Morgan fingerprint density at radius 1 is 1.15 bits per heavy atom. The molecule has 0 aliphatic heterocycles. The van der Waals surface area contributed by atoms with Crippen LogP contribution in [0.1, 0.15) is 77.9 Å². The third-order valence-corrected chi connectivity index (χ3v) is 11.2. The Labute approximate surface area is 275 Å². The normalized spacial score (nSPS) is 36.2.